The first-order valence-electron chi connectivity index (χ1n) is 7.82. The van der Waals surface area contributed by atoms with Gasteiger partial charge in [-0.25, -0.2) is 0 Å². The first-order valence-corrected chi connectivity index (χ1v) is 7.82. The van der Waals surface area contributed by atoms with Gasteiger partial charge in [0, 0.05) is 6.07 Å². The van der Waals surface area contributed by atoms with Crippen molar-refractivity contribution in [1.82, 2.24) is 0 Å². The molecular formula is C19H15F3O4. The highest BCUT2D eigenvalue weighted by Gasteiger charge is 2.40. The summed E-state index contributed by atoms with van der Waals surface area (Å²) in [4.78, 5) is 12.6. The van der Waals surface area contributed by atoms with Crippen LogP contribution in [0.3, 0.4) is 0 Å². The van der Waals surface area contributed by atoms with Gasteiger partial charge in [0.1, 0.15) is 17.1 Å². The maximum absolute atomic E-state index is 13.4. The number of benzene rings is 2. The molecule has 7 heteroatoms. The normalized spacial score (nSPS) is 11.9. The number of para-hydroxylation sites is 1. The number of hydrogen-bond donors (Lipinski definition) is 1. The van der Waals surface area contributed by atoms with Gasteiger partial charge < -0.3 is 14.3 Å². The number of halogens is 3. The van der Waals surface area contributed by atoms with E-state index in [0.29, 0.717) is 5.56 Å². The summed E-state index contributed by atoms with van der Waals surface area (Å²) in [6, 6.07) is 9.89. The van der Waals surface area contributed by atoms with E-state index in [1.54, 1.807) is 18.2 Å². The molecule has 0 unspecified atom stereocenters. The lowest BCUT2D eigenvalue weighted by Gasteiger charge is -2.16. The van der Waals surface area contributed by atoms with Gasteiger partial charge in [0.2, 0.25) is 11.2 Å². The third-order valence-corrected chi connectivity index (χ3v) is 3.84. The van der Waals surface area contributed by atoms with Crippen molar-refractivity contribution >= 4 is 11.0 Å². The van der Waals surface area contributed by atoms with Crippen molar-refractivity contribution in [3.05, 3.63) is 64.0 Å². The van der Waals surface area contributed by atoms with Crippen LogP contribution in [0.15, 0.2) is 51.7 Å². The van der Waals surface area contributed by atoms with Crippen LogP contribution in [-0.4, -0.2) is 5.11 Å². The molecule has 0 aliphatic heterocycles. The zero-order chi connectivity index (χ0) is 19.1. The van der Waals surface area contributed by atoms with Crippen LogP contribution in [0.25, 0.3) is 11.0 Å². The van der Waals surface area contributed by atoms with E-state index in [1.807, 2.05) is 13.8 Å². The van der Waals surface area contributed by atoms with E-state index in [4.69, 9.17) is 9.15 Å². The number of fused-ring (bicyclic) bond motifs is 1. The highest BCUT2D eigenvalue weighted by molar-refractivity contribution is 5.79. The molecule has 2 aromatic carbocycles. The second-order valence-electron chi connectivity index (χ2n) is 6.06. The molecule has 0 radical (unpaired) electrons. The Morgan fingerprint density at radius 1 is 1.12 bits per heavy atom. The summed E-state index contributed by atoms with van der Waals surface area (Å²) in [5.74, 6) is -2.65. The van der Waals surface area contributed by atoms with Gasteiger partial charge in [-0.3, -0.25) is 4.79 Å². The Morgan fingerprint density at radius 3 is 2.46 bits per heavy atom. The van der Waals surface area contributed by atoms with Crippen molar-refractivity contribution in [2.24, 2.45) is 0 Å². The third kappa shape index (κ3) is 3.24. The Morgan fingerprint density at radius 2 is 1.81 bits per heavy atom. The van der Waals surface area contributed by atoms with E-state index < -0.39 is 23.1 Å². The molecule has 1 aromatic heterocycles. The fourth-order valence-electron chi connectivity index (χ4n) is 2.60. The second-order valence-corrected chi connectivity index (χ2v) is 6.06. The first kappa shape index (κ1) is 17.8. The quantitative estimate of drug-likeness (QED) is 0.673. The molecule has 1 heterocycles. The lowest BCUT2D eigenvalue weighted by Crippen LogP contribution is -2.15. The van der Waals surface area contributed by atoms with Crippen molar-refractivity contribution in [2.75, 3.05) is 0 Å². The summed E-state index contributed by atoms with van der Waals surface area (Å²) in [5.41, 5.74) is -0.671. The van der Waals surface area contributed by atoms with Crippen molar-refractivity contribution < 1.29 is 27.4 Å². The minimum Gasteiger partial charge on any atom is -0.508 e. The van der Waals surface area contributed by atoms with Gasteiger partial charge in [0.25, 0.3) is 5.76 Å². The molecule has 3 aromatic rings. The van der Waals surface area contributed by atoms with Crippen LogP contribution in [0.4, 0.5) is 13.2 Å². The molecule has 0 saturated carbocycles. The van der Waals surface area contributed by atoms with E-state index >= 15 is 0 Å². The Balaban J connectivity index is 2.27. The van der Waals surface area contributed by atoms with Crippen molar-refractivity contribution in [3.63, 3.8) is 0 Å². The van der Waals surface area contributed by atoms with E-state index in [0.717, 1.165) is 6.07 Å². The molecule has 3 rings (SSSR count). The SMILES string of the molecule is CC(C)c1ccccc1Oc1c(C(F)(F)F)oc2cc(O)ccc2c1=O. The lowest BCUT2D eigenvalue weighted by molar-refractivity contribution is -0.154. The van der Waals surface area contributed by atoms with Crippen LogP contribution in [0.1, 0.15) is 31.1 Å². The van der Waals surface area contributed by atoms with E-state index in [9.17, 15) is 23.1 Å². The van der Waals surface area contributed by atoms with Crippen molar-refractivity contribution in [2.45, 2.75) is 25.9 Å². The highest BCUT2D eigenvalue weighted by Crippen LogP contribution is 2.39. The second kappa shape index (κ2) is 6.40. The fourth-order valence-corrected chi connectivity index (χ4v) is 2.60. The van der Waals surface area contributed by atoms with Gasteiger partial charge >= 0.3 is 6.18 Å². The zero-order valence-electron chi connectivity index (χ0n) is 13.9. The van der Waals surface area contributed by atoms with E-state index in [2.05, 4.69) is 0 Å². The molecule has 0 aliphatic rings. The number of alkyl halides is 3. The molecule has 0 atom stereocenters. The number of phenolic OH excluding ortho intramolecular Hbond substituents is 1. The molecule has 1 N–H and O–H groups in total. The molecule has 136 valence electrons. The predicted molar refractivity (Wildman–Crippen MR) is 89.8 cm³/mol. The third-order valence-electron chi connectivity index (χ3n) is 3.84. The average Bonchev–Trinajstić information content (AvgIpc) is 2.56. The fraction of sp³-hybridized carbons (Fsp3) is 0.211. The minimum atomic E-state index is -4.94. The minimum absolute atomic E-state index is 0.0232. The smallest absolute Gasteiger partial charge is 0.453 e. The standard InChI is InChI=1S/C19H15F3O4/c1-10(2)12-5-3-4-6-14(12)25-17-16(24)13-8-7-11(23)9-15(13)26-18(17)19(20,21)22/h3-10,23H,1-2H3. The van der Waals surface area contributed by atoms with Crippen LogP contribution in [0, 0.1) is 0 Å². The van der Waals surface area contributed by atoms with E-state index in [-0.39, 0.29) is 28.4 Å². The molecule has 0 bridgehead atoms. The zero-order valence-corrected chi connectivity index (χ0v) is 13.9. The Kier molecular flexibility index (Phi) is 4.39. The van der Waals surface area contributed by atoms with Gasteiger partial charge in [0.05, 0.1) is 5.39 Å². The van der Waals surface area contributed by atoms with Crippen LogP contribution in [-0.2, 0) is 6.18 Å². The predicted octanol–water partition coefficient (Wildman–Crippen LogP) is 5.43. The summed E-state index contributed by atoms with van der Waals surface area (Å²) in [6.45, 7) is 3.72. The monoisotopic (exact) mass is 364 g/mol. The number of rotatable bonds is 3. The summed E-state index contributed by atoms with van der Waals surface area (Å²) in [6.07, 6.45) is -4.94. The molecule has 4 nitrogen and oxygen atoms in total. The summed E-state index contributed by atoms with van der Waals surface area (Å²) in [5, 5.41) is 9.32. The van der Waals surface area contributed by atoms with Crippen LogP contribution in [0.5, 0.6) is 17.2 Å². The number of hydrogen-bond acceptors (Lipinski definition) is 4. The number of aromatic hydroxyl groups is 1. The summed E-state index contributed by atoms with van der Waals surface area (Å²) < 4.78 is 50.6. The molecule has 0 fully saturated rings. The van der Waals surface area contributed by atoms with Gasteiger partial charge in [-0.15, -0.1) is 0 Å². The maximum Gasteiger partial charge on any atom is 0.453 e. The molecule has 0 saturated heterocycles. The molecule has 0 spiro atoms. The average molecular weight is 364 g/mol. The van der Waals surface area contributed by atoms with Crippen LogP contribution >= 0.6 is 0 Å². The Bertz CT molecular complexity index is 1020. The molecule has 26 heavy (non-hydrogen) atoms. The van der Waals surface area contributed by atoms with Gasteiger partial charge in [-0.2, -0.15) is 13.2 Å². The summed E-state index contributed by atoms with van der Waals surface area (Å²) >= 11 is 0. The van der Waals surface area contributed by atoms with Crippen molar-refractivity contribution in [1.29, 1.82) is 0 Å². The number of ether oxygens (including phenoxy) is 1. The Labute approximate surface area is 146 Å². The molecule has 0 amide bonds. The first-order chi connectivity index (χ1) is 12.2. The van der Waals surface area contributed by atoms with Gasteiger partial charge in [-0.1, -0.05) is 32.0 Å². The summed E-state index contributed by atoms with van der Waals surface area (Å²) in [7, 11) is 0. The molecule has 0 aliphatic carbocycles. The van der Waals surface area contributed by atoms with Gasteiger partial charge in [0.15, 0.2) is 0 Å². The largest absolute Gasteiger partial charge is 0.508 e. The van der Waals surface area contributed by atoms with Crippen LogP contribution < -0.4 is 10.2 Å². The topological polar surface area (TPSA) is 59.7 Å². The highest BCUT2D eigenvalue weighted by atomic mass is 19.4. The van der Waals surface area contributed by atoms with Gasteiger partial charge in [-0.05, 0) is 29.7 Å². The Hall–Kier alpha value is -2.96. The number of phenols is 1. The molecular weight excluding hydrogens is 349 g/mol. The van der Waals surface area contributed by atoms with Crippen molar-refractivity contribution in [3.8, 4) is 17.2 Å². The maximum atomic E-state index is 13.4. The lowest BCUT2D eigenvalue weighted by atomic mass is 10.0. The van der Waals surface area contributed by atoms with E-state index in [1.165, 1.54) is 18.2 Å². The van der Waals surface area contributed by atoms with Crippen LogP contribution in [0.2, 0.25) is 0 Å².